The summed E-state index contributed by atoms with van der Waals surface area (Å²) < 4.78 is 0. The number of allylic oxidation sites excluding steroid dienone is 2. The summed E-state index contributed by atoms with van der Waals surface area (Å²) in [4.78, 5) is 83.3. The number of phenols is 1. The highest BCUT2D eigenvalue weighted by Gasteiger charge is 2.62. The first kappa shape index (κ1) is 30.6. The Balaban J connectivity index is 1.25. The highest BCUT2D eigenvalue weighted by molar-refractivity contribution is 6.24. The van der Waals surface area contributed by atoms with Gasteiger partial charge < -0.3 is 5.11 Å². The summed E-state index contributed by atoms with van der Waals surface area (Å²) in [6.07, 6.45) is 2.50. The van der Waals surface area contributed by atoms with Crippen LogP contribution in [0.4, 0.5) is 11.4 Å². The molecule has 4 amide bonds. The van der Waals surface area contributed by atoms with Crippen LogP contribution in [0.2, 0.25) is 0 Å². The van der Waals surface area contributed by atoms with Crippen molar-refractivity contribution >= 4 is 57.3 Å². The molecule has 6 unspecified atom stereocenters. The number of ketones is 2. The number of benzene rings is 4. The fourth-order valence-corrected chi connectivity index (χ4v) is 8.71. The van der Waals surface area contributed by atoms with Crippen LogP contribution < -0.4 is 9.80 Å². The second-order valence-corrected chi connectivity index (χ2v) is 13.5. The van der Waals surface area contributed by atoms with E-state index in [2.05, 4.69) is 0 Å². The lowest BCUT2D eigenvalue weighted by atomic mass is 9.57. The minimum absolute atomic E-state index is 0.0879. The Hall–Kier alpha value is -5.70. The number of anilines is 2. The predicted molar refractivity (Wildman–Crippen MR) is 181 cm³/mol. The summed E-state index contributed by atoms with van der Waals surface area (Å²) >= 11 is 0. The first-order chi connectivity index (χ1) is 23.6. The van der Waals surface area contributed by atoms with E-state index in [4.69, 9.17) is 0 Å². The highest BCUT2D eigenvalue weighted by Crippen LogP contribution is 2.59. The molecule has 49 heavy (non-hydrogen) atoms. The largest absolute Gasteiger partial charge is 0.507 e. The van der Waals surface area contributed by atoms with Crippen molar-refractivity contribution in [2.75, 3.05) is 9.80 Å². The molecule has 244 valence electrons. The second kappa shape index (κ2) is 11.2. The number of nitrogens with zero attached hydrogens (tertiary/aromatic N) is 2. The summed E-state index contributed by atoms with van der Waals surface area (Å²) in [6.45, 7) is 2.90. The van der Waals surface area contributed by atoms with Crippen molar-refractivity contribution in [3.05, 3.63) is 113 Å². The van der Waals surface area contributed by atoms with Gasteiger partial charge in [-0.25, -0.2) is 0 Å². The van der Waals surface area contributed by atoms with Gasteiger partial charge in [0.05, 0.1) is 35.0 Å². The van der Waals surface area contributed by atoms with Gasteiger partial charge >= 0.3 is 0 Å². The van der Waals surface area contributed by atoms with Crippen LogP contribution >= 0.6 is 0 Å². The summed E-state index contributed by atoms with van der Waals surface area (Å²) in [5, 5.41) is 12.1. The average molecular weight is 653 g/mol. The van der Waals surface area contributed by atoms with E-state index in [1.54, 1.807) is 66.7 Å². The Morgan fingerprint density at radius 2 is 1.14 bits per heavy atom. The molecule has 0 spiro atoms. The molecule has 2 aliphatic heterocycles. The van der Waals surface area contributed by atoms with Crippen LogP contribution in [0.15, 0.2) is 96.6 Å². The normalized spacial score (nSPS) is 26.0. The van der Waals surface area contributed by atoms with Gasteiger partial charge in [-0.3, -0.25) is 38.6 Å². The van der Waals surface area contributed by atoms with Crippen molar-refractivity contribution < 1.29 is 33.9 Å². The second-order valence-electron chi connectivity index (χ2n) is 13.5. The monoisotopic (exact) mass is 652 g/mol. The van der Waals surface area contributed by atoms with Crippen LogP contribution in [0.5, 0.6) is 5.75 Å². The maximum absolute atomic E-state index is 14.5. The Labute approximate surface area is 281 Å². The Kier molecular flexibility index (Phi) is 6.99. The average Bonchev–Trinajstić information content (AvgIpc) is 3.51. The minimum atomic E-state index is -0.783. The van der Waals surface area contributed by atoms with E-state index < -0.39 is 35.5 Å². The number of hydrogen-bond donors (Lipinski definition) is 1. The number of fused-ring (bicyclic) bond motifs is 5. The maximum atomic E-state index is 14.5. The molecule has 4 aromatic carbocycles. The number of Topliss-reactive ketones (excluding diaryl/α,β-unsaturated/α-hetero) is 2. The number of carbonyl (C=O) groups excluding carboxylic acids is 6. The molecule has 9 heteroatoms. The van der Waals surface area contributed by atoms with E-state index in [0.717, 1.165) is 16.5 Å². The zero-order valence-electron chi connectivity index (χ0n) is 26.8. The van der Waals surface area contributed by atoms with Crippen LogP contribution in [0.1, 0.15) is 58.9 Å². The van der Waals surface area contributed by atoms with Gasteiger partial charge in [0.25, 0.3) is 0 Å². The Morgan fingerprint density at radius 1 is 0.612 bits per heavy atom. The Morgan fingerprint density at radius 3 is 1.71 bits per heavy atom. The number of imide groups is 2. The molecule has 1 N–H and O–H groups in total. The summed E-state index contributed by atoms with van der Waals surface area (Å²) in [5.74, 6) is -5.62. The molecular formula is C40H32N2O7. The first-order valence-electron chi connectivity index (χ1n) is 16.4. The molecule has 3 fully saturated rings. The molecule has 1 saturated carbocycles. The van der Waals surface area contributed by atoms with Crippen molar-refractivity contribution in [3.8, 4) is 5.75 Å². The summed E-state index contributed by atoms with van der Waals surface area (Å²) in [7, 11) is 0. The fourth-order valence-electron chi connectivity index (χ4n) is 8.71. The van der Waals surface area contributed by atoms with E-state index in [1.807, 2.05) is 24.3 Å². The molecule has 4 aromatic rings. The molecule has 0 aromatic heterocycles. The predicted octanol–water partition coefficient (Wildman–Crippen LogP) is 6.00. The lowest BCUT2D eigenvalue weighted by molar-refractivity contribution is -0.126. The van der Waals surface area contributed by atoms with Crippen LogP contribution in [-0.4, -0.2) is 40.3 Å². The number of aromatic hydroxyl groups is 1. The highest BCUT2D eigenvalue weighted by atomic mass is 16.3. The van der Waals surface area contributed by atoms with Crippen molar-refractivity contribution in [2.24, 2.45) is 29.6 Å². The van der Waals surface area contributed by atoms with Gasteiger partial charge in [-0.1, -0.05) is 42.0 Å². The van der Waals surface area contributed by atoms with E-state index in [9.17, 15) is 33.9 Å². The molecule has 0 bridgehead atoms. The van der Waals surface area contributed by atoms with Gasteiger partial charge in [0.15, 0.2) is 11.6 Å². The fraction of sp³-hybridized carbons (Fsp3) is 0.250. The molecule has 6 atom stereocenters. The molecule has 4 aliphatic rings. The molecule has 2 aliphatic carbocycles. The van der Waals surface area contributed by atoms with Gasteiger partial charge in [-0.2, -0.15) is 0 Å². The van der Waals surface area contributed by atoms with E-state index in [1.165, 1.54) is 23.6 Å². The number of amides is 4. The van der Waals surface area contributed by atoms with Crippen LogP contribution in [0.25, 0.3) is 10.8 Å². The third-order valence-electron chi connectivity index (χ3n) is 11.0. The van der Waals surface area contributed by atoms with Gasteiger partial charge in [-0.15, -0.1) is 0 Å². The van der Waals surface area contributed by atoms with Crippen LogP contribution in [-0.2, 0) is 19.2 Å². The van der Waals surface area contributed by atoms with Crippen molar-refractivity contribution in [1.82, 2.24) is 0 Å². The van der Waals surface area contributed by atoms with Crippen LogP contribution in [0.3, 0.4) is 0 Å². The molecular weight excluding hydrogens is 620 g/mol. The van der Waals surface area contributed by atoms with E-state index in [-0.39, 0.29) is 47.4 Å². The van der Waals surface area contributed by atoms with Crippen LogP contribution in [0, 0.1) is 29.6 Å². The molecule has 2 saturated heterocycles. The minimum Gasteiger partial charge on any atom is -0.507 e. The molecule has 2 heterocycles. The number of carbonyl (C=O) groups is 6. The van der Waals surface area contributed by atoms with Gasteiger partial charge in [-0.05, 0) is 98.2 Å². The van der Waals surface area contributed by atoms with Crippen molar-refractivity contribution in [1.29, 1.82) is 0 Å². The summed E-state index contributed by atoms with van der Waals surface area (Å²) in [5.41, 5.74) is 3.30. The third kappa shape index (κ3) is 4.52. The standard InChI is InChI=1S/C40H32N2O7/c1-20(43)22-7-11-24(12-8-22)41-37(46)30-16-15-29-31(35(30)39(41)48)19-32-36(34(29)28-17-18-33(45)27-6-4-3-5-26(27)28)40(49)42(38(32)47)25-13-9-23(10-14-25)21(2)44/h3-15,17-18,30-32,34-36,45H,16,19H2,1-2H3. The zero-order valence-corrected chi connectivity index (χ0v) is 26.8. The van der Waals surface area contributed by atoms with Crippen molar-refractivity contribution in [2.45, 2.75) is 32.6 Å². The molecule has 9 nitrogen and oxygen atoms in total. The smallest absolute Gasteiger partial charge is 0.238 e. The number of rotatable bonds is 5. The number of phenolic OH excluding ortho intramolecular Hbond substituents is 1. The van der Waals surface area contributed by atoms with Crippen molar-refractivity contribution in [3.63, 3.8) is 0 Å². The Bertz CT molecular complexity index is 2170. The first-order valence-corrected chi connectivity index (χ1v) is 16.4. The number of hydrogen-bond acceptors (Lipinski definition) is 7. The zero-order chi connectivity index (χ0) is 34.3. The van der Waals surface area contributed by atoms with Gasteiger partial charge in [0, 0.05) is 22.4 Å². The third-order valence-corrected chi connectivity index (χ3v) is 11.0. The molecule has 8 rings (SSSR count). The SMILES string of the molecule is CC(=O)c1ccc(N2C(=O)C3CC=C4C(CC5C(=O)N(c6ccc(C(C)=O)cc6)C(=O)C5C4c4ccc(O)c5ccccc45)C3C2=O)cc1. The van der Waals surface area contributed by atoms with E-state index >= 15 is 0 Å². The summed E-state index contributed by atoms with van der Waals surface area (Å²) in [6, 6.07) is 23.6. The lowest BCUT2D eigenvalue weighted by Gasteiger charge is -2.44. The lowest BCUT2D eigenvalue weighted by Crippen LogP contribution is -2.43. The van der Waals surface area contributed by atoms with E-state index in [0.29, 0.717) is 34.3 Å². The quantitative estimate of drug-likeness (QED) is 0.159. The topological polar surface area (TPSA) is 129 Å². The van der Waals surface area contributed by atoms with Gasteiger partial charge in [0.2, 0.25) is 23.6 Å². The van der Waals surface area contributed by atoms with Gasteiger partial charge in [0.1, 0.15) is 5.75 Å². The molecule has 0 radical (unpaired) electrons. The maximum Gasteiger partial charge on any atom is 0.238 e.